The predicted octanol–water partition coefficient (Wildman–Crippen LogP) is 5.65. The zero-order chi connectivity index (χ0) is 21.0. The van der Waals surface area contributed by atoms with E-state index in [0.717, 1.165) is 12.1 Å². The Morgan fingerprint density at radius 3 is 2.41 bits per heavy atom. The molecule has 3 aromatic rings. The summed E-state index contributed by atoms with van der Waals surface area (Å²) in [6.45, 7) is 0. The molecule has 0 aliphatic rings. The highest BCUT2D eigenvalue weighted by Crippen LogP contribution is 2.34. The third-order valence-corrected chi connectivity index (χ3v) is 4.54. The normalized spacial score (nSPS) is 12.4. The van der Waals surface area contributed by atoms with E-state index in [9.17, 15) is 22.4 Å². The summed E-state index contributed by atoms with van der Waals surface area (Å²) in [4.78, 5) is 16.9. The number of pyridine rings is 1. The molecule has 0 N–H and O–H groups in total. The first-order valence-corrected chi connectivity index (χ1v) is 8.74. The summed E-state index contributed by atoms with van der Waals surface area (Å²) in [6.07, 6.45) is -3.27. The van der Waals surface area contributed by atoms with Gasteiger partial charge in [0.05, 0.1) is 18.4 Å². The van der Waals surface area contributed by atoms with E-state index in [1.54, 1.807) is 24.3 Å². The number of carbonyl (C=O) groups excluding carboxylic acids is 1. The van der Waals surface area contributed by atoms with Gasteiger partial charge < -0.3 is 4.74 Å². The van der Waals surface area contributed by atoms with E-state index in [1.165, 1.54) is 37.6 Å². The molecule has 0 aliphatic carbocycles. The lowest BCUT2D eigenvalue weighted by Crippen LogP contribution is -2.13. The van der Waals surface area contributed by atoms with Crippen molar-refractivity contribution in [1.82, 2.24) is 4.98 Å². The maximum absolute atomic E-state index is 14.4. The highest BCUT2D eigenvalue weighted by molar-refractivity contribution is 5.97. The molecular formula is C22H17F4NO2. The van der Waals surface area contributed by atoms with Crippen LogP contribution < -0.4 is 4.74 Å². The molecule has 7 heteroatoms. The van der Waals surface area contributed by atoms with Crippen LogP contribution in [0, 0.1) is 5.82 Å². The zero-order valence-corrected chi connectivity index (χ0v) is 15.4. The second-order valence-electron chi connectivity index (χ2n) is 6.40. The maximum atomic E-state index is 14.4. The number of methoxy groups -OCH3 is 1. The summed E-state index contributed by atoms with van der Waals surface area (Å²) in [7, 11) is 1.47. The van der Waals surface area contributed by atoms with Gasteiger partial charge in [0.2, 0.25) is 0 Å². The Morgan fingerprint density at radius 2 is 1.79 bits per heavy atom. The fraction of sp³-hybridized carbons (Fsp3) is 0.182. The third-order valence-electron chi connectivity index (χ3n) is 4.54. The summed E-state index contributed by atoms with van der Waals surface area (Å²) in [5, 5.41) is 0. The molecule has 0 saturated heterocycles. The number of Topliss-reactive ketones (excluding diaryl/α,β-unsaturated/α-hetero) is 1. The van der Waals surface area contributed by atoms with Gasteiger partial charge in [-0.25, -0.2) is 4.39 Å². The number of benzene rings is 2. The largest absolute Gasteiger partial charge is 0.497 e. The number of rotatable bonds is 6. The zero-order valence-electron chi connectivity index (χ0n) is 15.4. The fourth-order valence-corrected chi connectivity index (χ4v) is 3.03. The first-order valence-electron chi connectivity index (χ1n) is 8.74. The van der Waals surface area contributed by atoms with Crippen molar-refractivity contribution in [2.75, 3.05) is 7.11 Å². The Hall–Kier alpha value is -3.22. The lowest BCUT2D eigenvalue weighted by atomic mass is 9.88. The molecule has 29 heavy (non-hydrogen) atoms. The monoisotopic (exact) mass is 403 g/mol. The molecule has 0 fully saturated rings. The highest BCUT2D eigenvalue weighted by atomic mass is 19.4. The predicted molar refractivity (Wildman–Crippen MR) is 99.4 cm³/mol. The number of hydrogen-bond acceptors (Lipinski definition) is 3. The topological polar surface area (TPSA) is 39.2 Å². The number of aromatic nitrogens is 1. The number of ether oxygens (including phenoxy) is 1. The van der Waals surface area contributed by atoms with E-state index >= 15 is 0 Å². The van der Waals surface area contributed by atoms with Crippen molar-refractivity contribution < 1.29 is 27.1 Å². The average molecular weight is 403 g/mol. The van der Waals surface area contributed by atoms with Crippen LogP contribution in [-0.4, -0.2) is 17.9 Å². The molecule has 0 radical (unpaired) electrons. The van der Waals surface area contributed by atoms with Gasteiger partial charge in [0.15, 0.2) is 5.78 Å². The number of carbonyl (C=O) groups is 1. The minimum atomic E-state index is -4.49. The van der Waals surface area contributed by atoms with Gasteiger partial charge in [-0.2, -0.15) is 13.2 Å². The molecule has 0 amide bonds. The van der Waals surface area contributed by atoms with Crippen LogP contribution in [0.2, 0.25) is 0 Å². The first-order chi connectivity index (χ1) is 13.8. The smallest absolute Gasteiger partial charge is 0.416 e. The van der Waals surface area contributed by atoms with Gasteiger partial charge in [0, 0.05) is 24.1 Å². The SMILES string of the molecule is COc1cccc(C(=O)CC(c2ccc(C(F)(F)F)cc2)c2ncccc2F)c1. The van der Waals surface area contributed by atoms with E-state index < -0.39 is 23.5 Å². The molecule has 1 aromatic heterocycles. The summed E-state index contributed by atoms with van der Waals surface area (Å²) < 4.78 is 58.1. The van der Waals surface area contributed by atoms with E-state index in [0.29, 0.717) is 16.9 Å². The van der Waals surface area contributed by atoms with Gasteiger partial charge >= 0.3 is 6.18 Å². The number of nitrogens with zero attached hydrogens (tertiary/aromatic N) is 1. The second-order valence-corrected chi connectivity index (χ2v) is 6.40. The Bertz CT molecular complexity index is 1000. The Morgan fingerprint density at radius 1 is 1.07 bits per heavy atom. The summed E-state index contributed by atoms with van der Waals surface area (Å²) in [5.41, 5.74) is -0.0893. The summed E-state index contributed by atoms with van der Waals surface area (Å²) >= 11 is 0. The quantitative estimate of drug-likeness (QED) is 0.394. The maximum Gasteiger partial charge on any atom is 0.416 e. The van der Waals surface area contributed by atoms with Gasteiger partial charge in [-0.3, -0.25) is 9.78 Å². The number of alkyl halides is 3. The molecule has 1 unspecified atom stereocenters. The Kier molecular flexibility index (Phi) is 5.96. The molecule has 0 spiro atoms. The lowest BCUT2D eigenvalue weighted by Gasteiger charge is -2.18. The standard InChI is InChI=1S/C22H17F4NO2/c1-29-17-5-2-4-15(12-17)20(28)13-18(21-19(23)6-3-11-27-21)14-7-9-16(10-8-14)22(24,25)26/h2-12,18H,13H2,1H3. The molecule has 1 atom stereocenters. The van der Waals surface area contributed by atoms with Crippen LogP contribution in [0.3, 0.4) is 0 Å². The van der Waals surface area contributed by atoms with E-state index in [1.807, 2.05) is 0 Å². The summed E-state index contributed by atoms with van der Waals surface area (Å²) in [6, 6.07) is 13.4. The minimum absolute atomic E-state index is 0.00325. The van der Waals surface area contributed by atoms with Crippen molar-refractivity contribution in [2.24, 2.45) is 0 Å². The van der Waals surface area contributed by atoms with Gasteiger partial charge in [0.1, 0.15) is 11.6 Å². The van der Waals surface area contributed by atoms with E-state index in [4.69, 9.17) is 4.74 Å². The van der Waals surface area contributed by atoms with Gasteiger partial charge in [-0.15, -0.1) is 0 Å². The van der Waals surface area contributed by atoms with Gasteiger partial charge in [-0.1, -0.05) is 24.3 Å². The van der Waals surface area contributed by atoms with Crippen molar-refractivity contribution in [3.8, 4) is 5.75 Å². The number of halogens is 4. The van der Waals surface area contributed by atoms with E-state index in [2.05, 4.69) is 4.98 Å². The fourth-order valence-electron chi connectivity index (χ4n) is 3.03. The molecule has 2 aromatic carbocycles. The Balaban J connectivity index is 1.98. The van der Waals surface area contributed by atoms with Crippen molar-refractivity contribution in [1.29, 1.82) is 0 Å². The van der Waals surface area contributed by atoms with Crippen molar-refractivity contribution in [2.45, 2.75) is 18.5 Å². The average Bonchev–Trinajstić information content (AvgIpc) is 2.72. The molecule has 150 valence electrons. The third kappa shape index (κ3) is 4.80. The van der Waals surface area contributed by atoms with Crippen LogP contribution in [-0.2, 0) is 6.18 Å². The van der Waals surface area contributed by atoms with E-state index in [-0.39, 0.29) is 17.9 Å². The van der Waals surface area contributed by atoms with Crippen LogP contribution in [0.4, 0.5) is 17.6 Å². The molecule has 0 bridgehead atoms. The molecular weight excluding hydrogens is 386 g/mol. The van der Waals surface area contributed by atoms with Crippen LogP contribution in [0.25, 0.3) is 0 Å². The Labute approximate surface area is 165 Å². The van der Waals surface area contributed by atoms with Crippen LogP contribution in [0.1, 0.15) is 39.5 Å². The molecule has 3 rings (SSSR count). The first kappa shape index (κ1) is 20.5. The summed E-state index contributed by atoms with van der Waals surface area (Å²) in [5.74, 6) is -1.28. The van der Waals surface area contributed by atoms with Crippen molar-refractivity contribution >= 4 is 5.78 Å². The number of ketones is 1. The van der Waals surface area contributed by atoms with Gasteiger partial charge in [0.25, 0.3) is 0 Å². The van der Waals surface area contributed by atoms with Crippen LogP contribution in [0.5, 0.6) is 5.75 Å². The minimum Gasteiger partial charge on any atom is -0.497 e. The second kappa shape index (κ2) is 8.43. The molecule has 0 saturated carbocycles. The lowest BCUT2D eigenvalue weighted by molar-refractivity contribution is -0.137. The molecule has 0 aliphatic heterocycles. The molecule has 1 heterocycles. The molecule has 3 nitrogen and oxygen atoms in total. The van der Waals surface area contributed by atoms with Crippen molar-refractivity contribution in [3.05, 3.63) is 95.1 Å². The number of hydrogen-bond donors (Lipinski definition) is 0. The van der Waals surface area contributed by atoms with Gasteiger partial charge in [-0.05, 0) is 42.0 Å². The van der Waals surface area contributed by atoms with Crippen molar-refractivity contribution in [3.63, 3.8) is 0 Å². The van der Waals surface area contributed by atoms with Crippen LogP contribution in [0.15, 0.2) is 66.9 Å². The highest BCUT2D eigenvalue weighted by Gasteiger charge is 2.31. The van der Waals surface area contributed by atoms with Crippen LogP contribution >= 0.6 is 0 Å².